The van der Waals surface area contributed by atoms with Gasteiger partial charge in [0.1, 0.15) is 16.4 Å². The van der Waals surface area contributed by atoms with Crippen LogP contribution in [0.25, 0.3) is 0 Å². The standard InChI is InChI=1S/C19H24FN3O3S/c1-13-7-8-15(11-16(13)20)21-27(25,26)18-12-17(22(3)14(18)2)19(24)23-9-5-4-6-10-23/h7-8,11-12,21H,4-6,9-10H2,1-3H3. The quantitative estimate of drug-likeness (QED) is 0.867. The first-order chi connectivity index (χ1) is 12.7. The summed E-state index contributed by atoms with van der Waals surface area (Å²) >= 11 is 0. The smallest absolute Gasteiger partial charge is 0.270 e. The highest BCUT2D eigenvalue weighted by Crippen LogP contribution is 2.25. The molecule has 1 N–H and O–H groups in total. The van der Waals surface area contributed by atoms with Crippen LogP contribution in [0, 0.1) is 19.7 Å². The molecular formula is C19H24FN3O3S. The van der Waals surface area contributed by atoms with Crippen LogP contribution in [-0.4, -0.2) is 36.9 Å². The van der Waals surface area contributed by atoms with Crippen LogP contribution in [0.1, 0.15) is 41.0 Å². The maximum atomic E-state index is 13.7. The zero-order chi connectivity index (χ0) is 19.8. The fourth-order valence-electron chi connectivity index (χ4n) is 3.27. The zero-order valence-electron chi connectivity index (χ0n) is 15.8. The Morgan fingerprint density at radius 1 is 1.11 bits per heavy atom. The van der Waals surface area contributed by atoms with Gasteiger partial charge in [-0.2, -0.15) is 0 Å². The molecule has 0 bridgehead atoms. The number of carbonyl (C=O) groups excluding carboxylic acids is 1. The fourth-order valence-corrected chi connectivity index (χ4v) is 4.61. The van der Waals surface area contributed by atoms with Crippen LogP contribution < -0.4 is 4.72 Å². The van der Waals surface area contributed by atoms with Gasteiger partial charge in [-0.05, 0) is 56.9 Å². The predicted octanol–water partition coefficient (Wildman–Crippen LogP) is 3.21. The molecule has 1 aliphatic rings. The number of benzene rings is 1. The number of hydrogen-bond acceptors (Lipinski definition) is 3. The van der Waals surface area contributed by atoms with Crippen LogP contribution >= 0.6 is 0 Å². The van der Waals surface area contributed by atoms with Crippen molar-refractivity contribution in [2.24, 2.45) is 7.05 Å². The van der Waals surface area contributed by atoms with Gasteiger partial charge >= 0.3 is 0 Å². The van der Waals surface area contributed by atoms with E-state index < -0.39 is 15.8 Å². The van der Waals surface area contributed by atoms with Crippen LogP contribution in [0.2, 0.25) is 0 Å². The summed E-state index contributed by atoms with van der Waals surface area (Å²) in [5.74, 6) is -0.649. The van der Waals surface area contributed by atoms with Gasteiger partial charge in [-0.1, -0.05) is 6.07 Å². The molecule has 0 atom stereocenters. The van der Waals surface area contributed by atoms with E-state index in [1.807, 2.05) is 0 Å². The minimum absolute atomic E-state index is 0.0198. The molecule has 1 aromatic heterocycles. The third-order valence-corrected chi connectivity index (χ3v) is 6.56. The van der Waals surface area contributed by atoms with Gasteiger partial charge in [0.25, 0.3) is 15.9 Å². The highest BCUT2D eigenvalue weighted by atomic mass is 32.2. The highest BCUT2D eigenvalue weighted by molar-refractivity contribution is 7.92. The van der Waals surface area contributed by atoms with Gasteiger partial charge in [0.2, 0.25) is 0 Å². The third kappa shape index (κ3) is 3.85. The number of carbonyl (C=O) groups is 1. The third-order valence-electron chi connectivity index (χ3n) is 5.06. The van der Waals surface area contributed by atoms with Crippen LogP contribution in [0.15, 0.2) is 29.2 Å². The Kier molecular flexibility index (Phi) is 5.28. The largest absolute Gasteiger partial charge is 0.343 e. The van der Waals surface area contributed by atoms with Crippen molar-refractivity contribution in [1.29, 1.82) is 0 Å². The van der Waals surface area contributed by atoms with Gasteiger partial charge in [0.15, 0.2) is 0 Å². The topological polar surface area (TPSA) is 71.4 Å². The second-order valence-corrected chi connectivity index (χ2v) is 8.61. The summed E-state index contributed by atoms with van der Waals surface area (Å²) in [5.41, 5.74) is 1.37. The number of hydrogen-bond donors (Lipinski definition) is 1. The Morgan fingerprint density at radius 3 is 2.41 bits per heavy atom. The van der Waals surface area contributed by atoms with Crippen molar-refractivity contribution in [3.8, 4) is 0 Å². The Balaban J connectivity index is 1.91. The molecule has 8 heteroatoms. The predicted molar refractivity (Wildman–Crippen MR) is 102 cm³/mol. The van der Waals surface area contributed by atoms with Crippen LogP contribution in [-0.2, 0) is 17.1 Å². The van der Waals surface area contributed by atoms with Gasteiger partial charge in [0, 0.05) is 25.8 Å². The number of likely N-dealkylation sites (tertiary alicyclic amines) is 1. The second-order valence-electron chi connectivity index (χ2n) is 6.96. The summed E-state index contributed by atoms with van der Waals surface area (Å²) in [7, 11) is -2.27. The van der Waals surface area contributed by atoms with Crippen molar-refractivity contribution >= 4 is 21.6 Å². The normalized spacial score (nSPS) is 15.0. The maximum absolute atomic E-state index is 13.7. The summed E-state index contributed by atoms with van der Waals surface area (Å²) in [6.07, 6.45) is 3.02. The molecule has 1 aliphatic heterocycles. The fraction of sp³-hybridized carbons (Fsp3) is 0.421. The number of nitrogens with one attached hydrogen (secondary N) is 1. The van der Waals surface area contributed by atoms with Crippen LogP contribution in [0.5, 0.6) is 0 Å². The number of nitrogens with zero attached hydrogens (tertiary/aromatic N) is 2. The van der Waals surface area contributed by atoms with Crippen molar-refractivity contribution < 1.29 is 17.6 Å². The molecule has 2 aromatic rings. The summed E-state index contributed by atoms with van der Waals surface area (Å²) in [5, 5.41) is 0. The number of piperidine rings is 1. The number of amides is 1. The van der Waals surface area contributed by atoms with Crippen molar-refractivity contribution in [2.75, 3.05) is 17.8 Å². The monoisotopic (exact) mass is 393 g/mol. The Bertz CT molecular complexity index is 976. The molecular weight excluding hydrogens is 369 g/mol. The first kappa shape index (κ1) is 19.4. The average Bonchev–Trinajstić information content (AvgIpc) is 2.94. The van der Waals surface area contributed by atoms with Gasteiger partial charge < -0.3 is 9.47 Å². The zero-order valence-corrected chi connectivity index (χ0v) is 16.6. The van der Waals surface area contributed by atoms with E-state index in [0.29, 0.717) is 30.0 Å². The molecule has 2 heterocycles. The van der Waals surface area contributed by atoms with E-state index in [1.54, 1.807) is 30.4 Å². The maximum Gasteiger partial charge on any atom is 0.270 e. The average molecular weight is 393 g/mol. The van der Waals surface area contributed by atoms with E-state index in [-0.39, 0.29) is 16.5 Å². The molecule has 0 radical (unpaired) electrons. The van der Waals surface area contributed by atoms with Gasteiger partial charge in [-0.25, -0.2) is 12.8 Å². The van der Waals surface area contributed by atoms with Crippen LogP contribution in [0.3, 0.4) is 0 Å². The molecule has 0 unspecified atom stereocenters. The second kappa shape index (κ2) is 7.34. The van der Waals surface area contributed by atoms with Crippen LogP contribution in [0.4, 0.5) is 10.1 Å². The number of aryl methyl sites for hydroxylation is 1. The molecule has 0 spiro atoms. The Labute approximate surface area is 159 Å². The number of halogens is 1. The van der Waals surface area contributed by atoms with Crippen molar-refractivity contribution in [3.05, 3.63) is 47.0 Å². The van der Waals surface area contributed by atoms with Gasteiger partial charge in [-0.15, -0.1) is 0 Å². The number of anilines is 1. The first-order valence-electron chi connectivity index (χ1n) is 8.95. The number of rotatable bonds is 4. The summed E-state index contributed by atoms with van der Waals surface area (Å²) in [6.45, 7) is 4.63. The summed E-state index contributed by atoms with van der Waals surface area (Å²) in [4.78, 5) is 14.6. The molecule has 0 saturated carbocycles. The highest BCUT2D eigenvalue weighted by Gasteiger charge is 2.27. The molecule has 6 nitrogen and oxygen atoms in total. The molecule has 0 aliphatic carbocycles. The van der Waals surface area contributed by atoms with Gasteiger partial charge in [0.05, 0.1) is 5.69 Å². The van der Waals surface area contributed by atoms with Crippen molar-refractivity contribution in [2.45, 2.75) is 38.0 Å². The minimum atomic E-state index is -3.95. The number of sulfonamides is 1. The van der Waals surface area contributed by atoms with E-state index >= 15 is 0 Å². The molecule has 3 rings (SSSR count). The van der Waals surface area contributed by atoms with Crippen molar-refractivity contribution in [3.63, 3.8) is 0 Å². The lowest BCUT2D eigenvalue weighted by molar-refractivity contribution is 0.0714. The van der Waals surface area contributed by atoms with E-state index in [4.69, 9.17) is 0 Å². The molecule has 1 aromatic carbocycles. The summed E-state index contributed by atoms with van der Waals surface area (Å²) in [6, 6.07) is 5.56. The Hall–Kier alpha value is -2.35. The number of aromatic nitrogens is 1. The lowest BCUT2D eigenvalue weighted by atomic mass is 10.1. The van der Waals surface area contributed by atoms with Gasteiger partial charge in [-0.3, -0.25) is 9.52 Å². The van der Waals surface area contributed by atoms with E-state index in [9.17, 15) is 17.6 Å². The van der Waals surface area contributed by atoms with Crippen molar-refractivity contribution in [1.82, 2.24) is 9.47 Å². The van der Waals surface area contributed by atoms with E-state index in [2.05, 4.69) is 4.72 Å². The molecule has 1 amide bonds. The van der Waals surface area contributed by atoms with E-state index in [1.165, 1.54) is 18.2 Å². The van der Waals surface area contributed by atoms with E-state index in [0.717, 1.165) is 25.3 Å². The SMILES string of the molecule is Cc1ccc(NS(=O)(=O)c2cc(C(=O)N3CCCCC3)n(C)c2C)cc1F. The lowest BCUT2D eigenvalue weighted by Crippen LogP contribution is -2.36. The Morgan fingerprint density at radius 2 is 1.78 bits per heavy atom. The summed E-state index contributed by atoms with van der Waals surface area (Å²) < 4.78 is 43.3. The minimum Gasteiger partial charge on any atom is -0.343 e. The molecule has 1 saturated heterocycles. The lowest BCUT2D eigenvalue weighted by Gasteiger charge is -2.26. The molecule has 146 valence electrons. The molecule has 1 fully saturated rings. The first-order valence-corrected chi connectivity index (χ1v) is 10.4. The molecule has 27 heavy (non-hydrogen) atoms.